The Bertz CT molecular complexity index is 1140. The number of hydrogen-bond acceptors (Lipinski definition) is 3. The Kier molecular flexibility index (Phi) is 5.99. The molecule has 0 spiro atoms. The maximum atomic E-state index is 13.7. The van der Waals surface area contributed by atoms with Crippen molar-refractivity contribution >= 4 is 58.2 Å². The quantitative estimate of drug-likeness (QED) is 0.506. The second-order valence-electron chi connectivity index (χ2n) is 6.62. The van der Waals surface area contributed by atoms with Crippen molar-refractivity contribution in [2.45, 2.75) is 5.37 Å². The van der Waals surface area contributed by atoms with E-state index in [-0.39, 0.29) is 17.2 Å². The van der Waals surface area contributed by atoms with Crippen LogP contribution < -0.4 is 10.2 Å². The van der Waals surface area contributed by atoms with Crippen molar-refractivity contribution in [3.63, 3.8) is 0 Å². The van der Waals surface area contributed by atoms with Gasteiger partial charge < -0.3 is 5.32 Å². The number of rotatable bonds is 4. The van der Waals surface area contributed by atoms with Gasteiger partial charge in [0.05, 0.1) is 15.8 Å². The van der Waals surface area contributed by atoms with Gasteiger partial charge in [0.25, 0.3) is 5.91 Å². The number of amides is 2. The zero-order valence-corrected chi connectivity index (χ0v) is 17.8. The topological polar surface area (TPSA) is 49.4 Å². The third-order valence-corrected chi connectivity index (χ3v) is 6.52. The summed E-state index contributed by atoms with van der Waals surface area (Å²) >= 11 is 13.3. The number of carbonyl (C=O) groups excluding carboxylic acids is 2. The summed E-state index contributed by atoms with van der Waals surface area (Å²) < 4.78 is 13.7. The highest BCUT2D eigenvalue weighted by Crippen LogP contribution is 2.42. The summed E-state index contributed by atoms with van der Waals surface area (Å²) in [4.78, 5) is 26.6. The second kappa shape index (κ2) is 8.68. The average molecular weight is 461 g/mol. The van der Waals surface area contributed by atoms with Crippen LogP contribution in [-0.2, 0) is 4.79 Å². The molecule has 152 valence electrons. The first kappa shape index (κ1) is 20.7. The average Bonchev–Trinajstić information content (AvgIpc) is 3.11. The molecule has 1 N–H and O–H groups in total. The van der Waals surface area contributed by atoms with Crippen molar-refractivity contribution in [2.75, 3.05) is 16.0 Å². The summed E-state index contributed by atoms with van der Waals surface area (Å²) in [6.45, 7) is 0. The van der Waals surface area contributed by atoms with Crippen molar-refractivity contribution in [2.24, 2.45) is 0 Å². The van der Waals surface area contributed by atoms with Gasteiger partial charge in [-0.2, -0.15) is 0 Å². The monoisotopic (exact) mass is 460 g/mol. The predicted molar refractivity (Wildman–Crippen MR) is 120 cm³/mol. The molecule has 0 bridgehead atoms. The molecule has 3 aromatic rings. The molecule has 4 rings (SSSR count). The van der Waals surface area contributed by atoms with Crippen LogP contribution >= 0.6 is 35.0 Å². The fourth-order valence-corrected chi connectivity index (χ4v) is 4.65. The van der Waals surface area contributed by atoms with Crippen LogP contribution in [0.15, 0.2) is 66.7 Å². The summed E-state index contributed by atoms with van der Waals surface area (Å²) in [5.41, 5.74) is 2.27. The lowest BCUT2D eigenvalue weighted by atomic mass is 10.1. The maximum Gasteiger partial charge on any atom is 0.255 e. The molecule has 2 amide bonds. The van der Waals surface area contributed by atoms with E-state index in [1.807, 2.05) is 6.07 Å². The molecular weight excluding hydrogens is 446 g/mol. The van der Waals surface area contributed by atoms with Gasteiger partial charge in [-0.05, 0) is 54.1 Å². The lowest BCUT2D eigenvalue weighted by Gasteiger charge is -2.24. The fourth-order valence-electron chi connectivity index (χ4n) is 3.19. The molecule has 3 aromatic carbocycles. The zero-order valence-electron chi connectivity index (χ0n) is 15.4. The molecule has 1 aliphatic rings. The predicted octanol–water partition coefficient (Wildman–Crippen LogP) is 6.16. The highest BCUT2D eigenvalue weighted by molar-refractivity contribution is 8.00. The molecule has 0 saturated carbocycles. The van der Waals surface area contributed by atoms with Gasteiger partial charge in [-0.15, -0.1) is 11.8 Å². The molecule has 0 radical (unpaired) electrons. The van der Waals surface area contributed by atoms with Crippen LogP contribution in [-0.4, -0.2) is 17.6 Å². The lowest BCUT2D eigenvalue weighted by Crippen LogP contribution is -2.27. The molecule has 0 aromatic heterocycles. The van der Waals surface area contributed by atoms with Gasteiger partial charge in [-0.25, -0.2) is 4.39 Å². The Morgan fingerprint density at radius 2 is 1.83 bits per heavy atom. The van der Waals surface area contributed by atoms with E-state index in [4.69, 9.17) is 23.2 Å². The van der Waals surface area contributed by atoms with Crippen molar-refractivity contribution in [3.05, 3.63) is 93.7 Å². The van der Waals surface area contributed by atoms with Crippen LogP contribution in [0.25, 0.3) is 0 Å². The van der Waals surface area contributed by atoms with Gasteiger partial charge >= 0.3 is 0 Å². The Morgan fingerprint density at radius 1 is 1.03 bits per heavy atom. The highest BCUT2D eigenvalue weighted by atomic mass is 35.5. The number of hydrogen-bond donors (Lipinski definition) is 1. The van der Waals surface area contributed by atoms with E-state index in [2.05, 4.69) is 5.32 Å². The van der Waals surface area contributed by atoms with E-state index in [1.165, 1.54) is 30.0 Å². The van der Waals surface area contributed by atoms with Crippen molar-refractivity contribution < 1.29 is 14.0 Å². The number of halogens is 3. The summed E-state index contributed by atoms with van der Waals surface area (Å²) in [6.07, 6.45) is 0. The molecule has 0 unspecified atom stereocenters. The molecule has 1 saturated heterocycles. The number of anilines is 2. The number of nitrogens with one attached hydrogen (secondary N) is 1. The molecule has 1 fully saturated rings. The Hall–Kier alpha value is -2.54. The summed E-state index contributed by atoms with van der Waals surface area (Å²) in [7, 11) is 0. The Balaban J connectivity index is 1.58. The number of carbonyl (C=O) groups is 2. The van der Waals surface area contributed by atoms with Gasteiger partial charge in [-0.1, -0.05) is 41.4 Å². The van der Waals surface area contributed by atoms with E-state index in [9.17, 15) is 14.0 Å². The first-order valence-corrected chi connectivity index (χ1v) is 10.8. The van der Waals surface area contributed by atoms with Gasteiger partial charge in [0, 0.05) is 16.9 Å². The third kappa shape index (κ3) is 4.31. The third-order valence-electron chi connectivity index (χ3n) is 4.57. The first-order valence-electron chi connectivity index (χ1n) is 8.98. The van der Waals surface area contributed by atoms with Gasteiger partial charge in [0.15, 0.2) is 0 Å². The molecule has 1 heterocycles. The van der Waals surface area contributed by atoms with E-state index in [0.29, 0.717) is 32.7 Å². The lowest BCUT2D eigenvalue weighted by molar-refractivity contribution is -0.115. The van der Waals surface area contributed by atoms with Crippen molar-refractivity contribution in [1.29, 1.82) is 0 Å². The largest absolute Gasteiger partial charge is 0.322 e. The van der Waals surface area contributed by atoms with Crippen LogP contribution in [0, 0.1) is 5.82 Å². The minimum atomic E-state index is -0.404. The van der Waals surface area contributed by atoms with E-state index >= 15 is 0 Å². The van der Waals surface area contributed by atoms with Crippen molar-refractivity contribution in [1.82, 2.24) is 0 Å². The number of benzene rings is 3. The number of nitrogens with zero attached hydrogens (tertiary/aromatic N) is 1. The molecule has 0 aliphatic carbocycles. The van der Waals surface area contributed by atoms with Gasteiger partial charge in [0.1, 0.15) is 11.2 Å². The normalized spacial score (nSPS) is 16.0. The molecule has 4 nitrogen and oxygen atoms in total. The van der Waals surface area contributed by atoms with Gasteiger partial charge in [0.2, 0.25) is 5.91 Å². The van der Waals surface area contributed by atoms with E-state index < -0.39 is 5.82 Å². The smallest absolute Gasteiger partial charge is 0.255 e. The molecule has 1 aliphatic heterocycles. The van der Waals surface area contributed by atoms with Crippen LogP contribution in [0.4, 0.5) is 15.8 Å². The van der Waals surface area contributed by atoms with Crippen LogP contribution in [0.5, 0.6) is 0 Å². The summed E-state index contributed by atoms with van der Waals surface area (Å²) in [5, 5.41) is 3.18. The SMILES string of the molecule is O=C(Nc1cccc([C@H]2SCC(=O)N2c2cccc(F)c2)c1)c1ccc(Cl)c(Cl)c1. The minimum Gasteiger partial charge on any atom is -0.322 e. The standard InChI is InChI=1S/C22H15Cl2FN2O2S/c23-18-8-7-13(10-19(18)24)21(29)26-16-5-1-3-14(9-16)22-27(20(28)12-30-22)17-6-2-4-15(25)11-17/h1-11,22H,12H2,(H,26,29)/t22-/m1/s1. The highest BCUT2D eigenvalue weighted by Gasteiger charge is 2.34. The molecule has 30 heavy (non-hydrogen) atoms. The first-order chi connectivity index (χ1) is 14.4. The van der Waals surface area contributed by atoms with Crippen molar-refractivity contribution in [3.8, 4) is 0 Å². The van der Waals surface area contributed by atoms with Crippen LogP contribution in [0.2, 0.25) is 10.0 Å². The minimum absolute atomic E-state index is 0.0964. The Morgan fingerprint density at radius 3 is 2.60 bits per heavy atom. The molecule has 8 heteroatoms. The van der Waals surface area contributed by atoms with Gasteiger partial charge in [-0.3, -0.25) is 14.5 Å². The summed E-state index contributed by atoms with van der Waals surface area (Å²) in [5.74, 6) is -0.539. The maximum absolute atomic E-state index is 13.7. The summed E-state index contributed by atoms with van der Waals surface area (Å²) in [6, 6.07) is 17.8. The van der Waals surface area contributed by atoms with E-state index in [1.54, 1.807) is 47.4 Å². The van der Waals surface area contributed by atoms with Crippen LogP contribution in [0.3, 0.4) is 0 Å². The molecular formula is C22H15Cl2FN2O2S. The zero-order chi connectivity index (χ0) is 21.3. The number of thioether (sulfide) groups is 1. The Labute approximate surface area is 187 Å². The molecule has 1 atom stereocenters. The van der Waals surface area contributed by atoms with Crippen LogP contribution in [0.1, 0.15) is 21.3 Å². The fraction of sp³-hybridized carbons (Fsp3) is 0.0909. The second-order valence-corrected chi connectivity index (χ2v) is 8.50. The van der Waals surface area contributed by atoms with E-state index in [0.717, 1.165) is 5.56 Å².